The minimum atomic E-state index is 0. The van der Waals surface area contributed by atoms with Crippen LogP contribution in [0.25, 0.3) is 10.8 Å². The molecule has 7 heteroatoms. The average Bonchev–Trinajstić information content (AvgIpc) is 3.57. The number of pyridine rings is 1. The molecular weight excluding hydrogens is 406 g/mol. The largest absolute Gasteiger partial charge is 0.493 e. The molecule has 0 amide bonds. The first-order valence-electron chi connectivity index (χ1n) is 9.60. The Labute approximate surface area is 181 Å². The minimum Gasteiger partial charge on any atom is -0.493 e. The molecule has 0 unspecified atom stereocenters. The highest BCUT2D eigenvalue weighted by Gasteiger charge is 2.28. The minimum absolute atomic E-state index is 0. The summed E-state index contributed by atoms with van der Waals surface area (Å²) in [4.78, 5) is 12.9. The van der Waals surface area contributed by atoms with E-state index in [1.165, 1.54) is 0 Å². The van der Waals surface area contributed by atoms with Crippen molar-refractivity contribution in [1.82, 2.24) is 4.57 Å². The Morgan fingerprint density at radius 1 is 0.833 bits per heavy atom. The Kier molecular flexibility index (Phi) is 6.46. The second-order valence-corrected chi connectivity index (χ2v) is 7.19. The number of aromatic nitrogens is 1. The fourth-order valence-electron chi connectivity index (χ4n) is 3.83. The third kappa shape index (κ3) is 3.92. The monoisotopic (exact) mass is 431 g/mol. The van der Waals surface area contributed by atoms with E-state index in [1.807, 2.05) is 34.9 Å². The first-order valence-corrected chi connectivity index (χ1v) is 9.60. The molecule has 0 N–H and O–H groups in total. The topological polar surface area (TPSA) is 58.9 Å². The third-order valence-corrected chi connectivity index (χ3v) is 5.41. The lowest BCUT2D eigenvalue weighted by atomic mass is 10.0. The molecule has 0 aliphatic heterocycles. The molecule has 2 aromatic carbocycles. The van der Waals surface area contributed by atoms with Crippen LogP contribution in [-0.2, 0) is 6.42 Å². The summed E-state index contributed by atoms with van der Waals surface area (Å²) in [6.45, 7) is 0. The lowest BCUT2D eigenvalue weighted by Gasteiger charge is -2.18. The Morgan fingerprint density at radius 2 is 1.43 bits per heavy atom. The number of ether oxygens (including phenoxy) is 4. The van der Waals surface area contributed by atoms with E-state index in [2.05, 4.69) is 0 Å². The summed E-state index contributed by atoms with van der Waals surface area (Å²) in [6.07, 6.45) is 2.65. The maximum Gasteiger partial charge on any atom is 0.251 e. The van der Waals surface area contributed by atoms with E-state index in [1.54, 1.807) is 34.5 Å². The zero-order chi connectivity index (χ0) is 20.5. The number of hydrogen-bond acceptors (Lipinski definition) is 5. The van der Waals surface area contributed by atoms with Gasteiger partial charge in [-0.25, -0.2) is 0 Å². The molecule has 1 saturated carbocycles. The van der Waals surface area contributed by atoms with Crippen LogP contribution in [0.1, 0.15) is 30.1 Å². The molecule has 1 aromatic heterocycles. The molecule has 160 valence electrons. The third-order valence-electron chi connectivity index (χ3n) is 5.41. The maximum atomic E-state index is 12.9. The number of methoxy groups -OCH3 is 4. The van der Waals surface area contributed by atoms with Crippen molar-refractivity contribution in [2.75, 3.05) is 28.4 Å². The van der Waals surface area contributed by atoms with Crippen molar-refractivity contribution < 1.29 is 18.9 Å². The van der Waals surface area contributed by atoms with Gasteiger partial charge in [-0.15, -0.1) is 12.4 Å². The zero-order valence-electron chi connectivity index (χ0n) is 17.6. The fraction of sp³-hybridized carbons (Fsp3) is 0.348. The average molecular weight is 432 g/mol. The fourth-order valence-corrected chi connectivity index (χ4v) is 3.83. The molecule has 1 aliphatic carbocycles. The van der Waals surface area contributed by atoms with Gasteiger partial charge in [0.05, 0.1) is 28.4 Å². The van der Waals surface area contributed by atoms with Gasteiger partial charge in [-0.05, 0) is 48.1 Å². The Hall–Kier alpha value is -2.86. The highest BCUT2D eigenvalue weighted by atomic mass is 35.5. The Bertz CT molecular complexity index is 1120. The van der Waals surface area contributed by atoms with Gasteiger partial charge in [0.2, 0.25) is 0 Å². The number of nitrogens with zero attached hydrogens (tertiary/aromatic N) is 1. The predicted molar refractivity (Wildman–Crippen MR) is 119 cm³/mol. The van der Waals surface area contributed by atoms with Crippen LogP contribution in [0.15, 0.2) is 41.2 Å². The van der Waals surface area contributed by atoms with Gasteiger partial charge >= 0.3 is 0 Å². The van der Waals surface area contributed by atoms with E-state index in [4.69, 9.17) is 18.9 Å². The first kappa shape index (κ1) is 21.8. The van der Waals surface area contributed by atoms with Crippen LogP contribution in [0, 0.1) is 0 Å². The molecule has 1 heterocycles. The number of halogens is 1. The summed E-state index contributed by atoms with van der Waals surface area (Å²) in [7, 11) is 6.46. The van der Waals surface area contributed by atoms with E-state index in [0.29, 0.717) is 29.4 Å². The van der Waals surface area contributed by atoms with Crippen LogP contribution >= 0.6 is 12.4 Å². The van der Waals surface area contributed by atoms with Crippen LogP contribution in [0.3, 0.4) is 0 Å². The summed E-state index contributed by atoms with van der Waals surface area (Å²) in [5.74, 6) is 2.61. The molecule has 1 fully saturated rings. The van der Waals surface area contributed by atoms with Crippen molar-refractivity contribution in [3.63, 3.8) is 0 Å². The van der Waals surface area contributed by atoms with Crippen molar-refractivity contribution in [3.05, 3.63) is 58.0 Å². The van der Waals surface area contributed by atoms with Crippen LogP contribution in [0.5, 0.6) is 23.0 Å². The summed E-state index contributed by atoms with van der Waals surface area (Å²) >= 11 is 0. The highest BCUT2D eigenvalue weighted by molar-refractivity contribution is 5.88. The Balaban J connectivity index is 0.00000256. The highest BCUT2D eigenvalue weighted by Crippen LogP contribution is 2.39. The van der Waals surface area contributed by atoms with E-state index >= 15 is 0 Å². The molecule has 0 radical (unpaired) electrons. The smallest absolute Gasteiger partial charge is 0.251 e. The molecule has 30 heavy (non-hydrogen) atoms. The van der Waals surface area contributed by atoms with Crippen LogP contribution < -0.4 is 24.5 Å². The van der Waals surface area contributed by atoms with Crippen molar-refractivity contribution in [3.8, 4) is 23.0 Å². The second-order valence-electron chi connectivity index (χ2n) is 7.19. The standard InChI is InChI=1S/C23H25NO5.ClH/c1-26-19-8-5-14(10-20(19)27-2)9-18-17-13-22(29-4)21(28-3)11-15(17)12-23(25)24(18)16-6-7-16;/h5,8,10-13,16H,6-7,9H2,1-4H3;1H. The molecule has 3 aromatic rings. The lowest BCUT2D eigenvalue weighted by Crippen LogP contribution is -2.22. The lowest BCUT2D eigenvalue weighted by molar-refractivity contribution is 0.354. The molecule has 1 aliphatic rings. The van der Waals surface area contributed by atoms with Crippen LogP contribution in [0.2, 0.25) is 0 Å². The summed E-state index contributed by atoms with van der Waals surface area (Å²) in [5.41, 5.74) is 2.03. The summed E-state index contributed by atoms with van der Waals surface area (Å²) in [5, 5.41) is 1.84. The SMILES string of the molecule is COc1ccc(Cc2c3cc(OC)c(OC)cc3cc(=O)n2C2CC2)cc1OC.Cl. The molecule has 0 atom stereocenters. The molecule has 4 rings (SSSR count). The number of benzene rings is 2. The first-order chi connectivity index (χ1) is 14.1. The quantitative estimate of drug-likeness (QED) is 0.555. The van der Waals surface area contributed by atoms with Crippen LogP contribution in [0.4, 0.5) is 0 Å². The normalized spacial score (nSPS) is 12.9. The van der Waals surface area contributed by atoms with Gasteiger partial charge in [0.25, 0.3) is 5.56 Å². The molecule has 0 spiro atoms. The van der Waals surface area contributed by atoms with Gasteiger partial charge in [0, 0.05) is 29.6 Å². The number of rotatable bonds is 7. The number of fused-ring (bicyclic) bond motifs is 1. The van der Waals surface area contributed by atoms with E-state index < -0.39 is 0 Å². The molecule has 0 bridgehead atoms. The van der Waals surface area contributed by atoms with Gasteiger partial charge in [-0.2, -0.15) is 0 Å². The molecular formula is C23H26ClNO5. The van der Waals surface area contributed by atoms with Crippen molar-refractivity contribution in [1.29, 1.82) is 0 Å². The predicted octanol–water partition coefficient (Wildman–Crippen LogP) is 4.38. The Morgan fingerprint density at radius 3 is 2.03 bits per heavy atom. The van der Waals surface area contributed by atoms with Crippen molar-refractivity contribution in [2.24, 2.45) is 0 Å². The molecule has 0 saturated heterocycles. The van der Waals surface area contributed by atoms with Crippen LogP contribution in [-0.4, -0.2) is 33.0 Å². The summed E-state index contributed by atoms with van der Waals surface area (Å²) < 4.78 is 23.7. The number of hydrogen-bond donors (Lipinski definition) is 0. The summed E-state index contributed by atoms with van der Waals surface area (Å²) in [6, 6.07) is 11.6. The van der Waals surface area contributed by atoms with Crippen molar-refractivity contribution >= 4 is 23.2 Å². The van der Waals surface area contributed by atoms with E-state index in [0.717, 1.165) is 34.9 Å². The van der Waals surface area contributed by atoms with E-state index in [-0.39, 0.29) is 24.0 Å². The molecule has 6 nitrogen and oxygen atoms in total. The van der Waals surface area contributed by atoms with Gasteiger partial charge in [-0.3, -0.25) is 4.79 Å². The van der Waals surface area contributed by atoms with Crippen molar-refractivity contribution in [2.45, 2.75) is 25.3 Å². The maximum absolute atomic E-state index is 12.9. The van der Waals surface area contributed by atoms with Gasteiger partial charge < -0.3 is 23.5 Å². The van der Waals surface area contributed by atoms with Gasteiger partial charge in [-0.1, -0.05) is 6.07 Å². The van der Waals surface area contributed by atoms with Gasteiger partial charge in [0.1, 0.15) is 0 Å². The van der Waals surface area contributed by atoms with Gasteiger partial charge in [0.15, 0.2) is 23.0 Å². The second kappa shape index (κ2) is 8.88. The zero-order valence-corrected chi connectivity index (χ0v) is 18.4. The van der Waals surface area contributed by atoms with E-state index in [9.17, 15) is 4.79 Å².